The Kier molecular flexibility index (Phi) is 6.23. The van der Waals surface area contributed by atoms with Crippen molar-refractivity contribution in [2.24, 2.45) is 0 Å². The second kappa shape index (κ2) is 8.21. The van der Waals surface area contributed by atoms with E-state index in [1.54, 1.807) is 12.2 Å². The molecule has 2 rings (SSSR count). The number of carbonyl (C=O) groups excluding carboxylic acids is 3. The molecule has 136 valence electrons. The van der Waals surface area contributed by atoms with Crippen LogP contribution in [0.1, 0.15) is 17.3 Å². The van der Waals surface area contributed by atoms with Gasteiger partial charge in [0.05, 0.1) is 35.5 Å². The molecule has 0 spiro atoms. The van der Waals surface area contributed by atoms with Crippen molar-refractivity contribution in [2.45, 2.75) is 6.92 Å². The van der Waals surface area contributed by atoms with Crippen molar-refractivity contribution in [2.75, 3.05) is 19.1 Å². The molecule has 0 N–H and O–H groups in total. The van der Waals surface area contributed by atoms with Crippen molar-refractivity contribution in [1.29, 1.82) is 0 Å². The second-order valence-corrected chi connectivity index (χ2v) is 5.98. The fourth-order valence-corrected chi connectivity index (χ4v) is 3.00. The van der Waals surface area contributed by atoms with Gasteiger partial charge in [0.1, 0.15) is 5.70 Å². The average Bonchev–Trinajstić information content (AvgIpc) is 2.82. The van der Waals surface area contributed by atoms with Gasteiger partial charge >= 0.3 is 11.9 Å². The lowest BCUT2D eigenvalue weighted by atomic mass is 10.1. The molecule has 0 unspecified atom stereocenters. The molecule has 0 fully saturated rings. The van der Waals surface area contributed by atoms with E-state index in [9.17, 15) is 14.4 Å². The van der Waals surface area contributed by atoms with Gasteiger partial charge < -0.3 is 14.4 Å². The number of halogens is 2. The second-order valence-electron chi connectivity index (χ2n) is 5.16. The van der Waals surface area contributed by atoms with Crippen LogP contribution in [0.5, 0.6) is 0 Å². The zero-order valence-electron chi connectivity index (χ0n) is 14.2. The van der Waals surface area contributed by atoms with E-state index < -0.39 is 11.9 Å². The minimum Gasteiger partial charge on any atom is -0.465 e. The lowest BCUT2D eigenvalue weighted by Gasteiger charge is -2.25. The van der Waals surface area contributed by atoms with E-state index in [1.807, 2.05) is 0 Å². The van der Waals surface area contributed by atoms with Crippen LogP contribution in [0.3, 0.4) is 0 Å². The average molecular weight is 396 g/mol. The van der Waals surface area contributed by atoms with Crippen molar-refractivity contribution >= 4 is 46.6 Å². The van der Waals surface area contributed by atoms with Crippen LogP contribution >= 0.6 is 23.2 Å². The van der Waals surface area contributed by atoms with Gasteiger partial charge in [0.15, 0.2) is 5.78 Å². The highest BCUT2D eigenvalue weighted by atomic mass is 35.5. The van der Waals surface area contributed by atoms with Gasteiger partial charge in [-0.05, 0) is 31.2 Å². The summed E-state index contributed by atoms with van der Waals surface area (Å²) in [4.78, 5) is 37.4. The Labute approximate surface area is 160 Å². The molecule has 0 bridgehead atoms. The summed E-state index contributed by atoms with van der Waals surface area (Å²) in [5.74, 6) is -1.74. The van der Waals surface area contributed by atoms with Gasteiger partial charge in [0, 0.05) is 11.8 Å². The largest absolute Gasteiger partial charge is 0.465 e. The van der Waals surface area contributed by atoms with Crippen LogP contribution in [0.15, 0.2) is 47.8 Å². The lowest BCUT2D eigenvalue weighted by Crippen LogP contribution is -2.27. The normalized spacial score (nSPS) is 13.5. The fourth-order valence-electron chi connectivity index (χ4n) is 2.34. The number of nitrogens with zero attached hydrogens (tertiary/aromatic N) is 1. The number of methoxy groups -OCH3 is 2. The minimum absolute atomic E-state index is 0.0351. The van der Waals surface area contributed by atoms with E-state index >= 15 is 0 Å². The zero-order valence-corrected chi connectivity index (χ0v) is 15.7. The van der Waals surface area contributed by atoms with E-state index in [2.05, 4.69) is 0 Å². The van der Waals surface area contributed by atoms with Gasteiger partial charge in [0.2, 0.25) is 0 Å². The van der Waals surface area contributed by atoms with Crippen LogP contribution in [0.4, 0.5) is 5.69 Å². The number of rotatable bonds is 4. The number of hydrogen-bond donors (Lipinski definition) is 0. The highest BCUT2D eigenvalue weighted by Crippen LogP contribution is 2.39. The third kappa shape index (κ3) is 3.81. The maximum Gasteiger partial charge on any atom is 0.355 e. The number of esters is 2. The van der Waals surface area contributed by atoms with Gasteiger partial charge in [-0.15, -0.1) is 0 Å². The van der Waals surface area contributed by atoms with Gasteiger partial charge in [-0.1, -0.05) is 29.3 Å². The first-order valence-electron chi connectivity index (χ1n) is 7.36. The van der Waals surface area contributed by atoms with Gasteiger partial charge in [-0.25, -0.2) is 9.59 Å². The number of ketones is 1. The van der Waals surface area contributed by atoms with Crippen molar-refractivity contribution in [3.05, 3.63) is 63.4 Å². The highest BCUT2D eigenvalue weighted by Gasteiger charge is 2.30. The Morgan fingerprint density at radius 2 is 1.54 bits per heavy atom. The number of allylic oxidation sites excluding steroid dienone is 2. The van der Waals surface area contributed by atoms with E-state index in [-0.39, 0.29) is 32.8 Å². The number of hydrogen-bond acceptors (Lipinski definition) is 6. The topological polar surface area (TPSA) is 72.9 Å². The van der Waals surface area contributed by atoms with Crippen LogP contribution in [-0.2, 0) is 19.1 Å². The maximum absolute atomic E-state index is 12.4. The van der Waals surface area contributed by atoms with Gasteiger partial charge in [-0.2, -0.15) is 0 Å². The molecule has 26 heavy (non-hydrogen) atoms. The summed E-state index contributed by atoms with van der Waals surface area (Å²) in [7, 11) is 2.38. The number of carbonyl (C=O) groups is 3. The molecule has 8 heteroatoms. The molecule has 0 saturated carbocycles. The third-order valence-corrected chi connectivity index (χ3v) is 4.13. The third-order valence-electron chi connectivity index (χ3n) is 3.55. The molecule has 1 aromatic rings. The fraction of sp³-hybridized carbons (Fsp3) is 0.167. The molecule has 1 heterocycles. The summed E-state index contributed by atoms with van der Waals surface area (Å²) < 4.78 is 9.55. The van der Waals surface area contributed by atoms with Crippen LogP contribution in [0, 0.1) is 0 Å². The Hall–Kier alpha value is -2.57. The molecule has 0 amide bonds. The van der Waals surface area contributed by atoms with E-state index in [4.69, 9.17) is 32.7 Å². The molecular weight excluding hydrogens is 381 g/mol. The summed E-state index contributed by atoms with van der Waals surface area (Å²) in [5.41, 5.74) is 0.383. The summed E-state index contributed by atoms with van der Waals surface area (Å²) in [6.07, 6.45) is 6.06. The first-order valence-corrected chi connectivity index (χ1v) is 8.12. The predicted octanol–water partition coefficient (Wildman–Crippen LogP) is 3.69. The molecular formula is C18H15Cl2NO5. The molecule has 0 radical (unpaired) electrons. The lowest BCUT2D eigenvalue weighted by molar-refractivity contribution is -0.139. The number of ether oxygens (including phenoxy) is 2. The number of anilines is 1. The summed E-state index contributed by atoms with van der Waals surface area (Å²) in [6, 6.07) is 2.87. The molecule has 0 saturated heterocycles. The number of benzene rings is 1. The van der Waals surface area contributed by atoms with E-state index in [0.717, 1.165) is 0 Å². The van der Waals surface area contributed by atoms with E-state index in [1.165, 1.54) is 50.5 Å². The van der Waals surface area contributed by atoms with Crippen molar-refractivity contribution in [3.8, 4) is 0 Å². The Bertz CT molecular complexity index is 847. The molecule has 1 aromatic carbocycles. The highest BCUT2D eigenvalue weighted by molar-refractivity contribution is 6.40. The Morgan fingerprint density at radius 3 is 2.04 bits per heavy atom. The van der Waals surface area contributed by atoms with Crippen LogP contribution < -0.4 is 4.90 Å². The quantitative estimate of drug-likeness (QED) is 0.571. The zero-order chi connectivity index (χ0) is 19.4. The van der Waals surface area contributed by atoms with Gasteiger partial charge in [0.25, 0.3) is 0 Å². The van der Waals surface area contributed by atoms with Crippen LogP contribution in [0.2, 0.25) is 10.0 Å². The SMILES string of the molecule is COC(=O)C1=C(C(=O)OC)N(c2c(Cl)cc(C(C)=O)cc2Cl)C=CC=C1. The first kappa shape index (κ1) is 19.8. The Balaban J connectivity index is 2.76. The standard InChI is InChI=1S/C18H15Cl2NO5/c1-10(22)11-8-13(19)16(14(20)9-11)21-7-5-4-6-12(17(23)25-2)15(21)18(24)26-3/h4-9H,1-3H3. The molecule has 6 nitrogen and oxygen atoms in total. The molecule has 0 aromatic heterocycles. The number of Topliss-reactive ketones (excluding diaryl/α,β-unsaturated/α-hetero) is 1. The molecule has 1 aliphatic rings. The molecule has 0 aliphatic carbocycles. The minimum atomic E-state index is -0.788. The van der Waals surface area contributed by atoms with Crippen molar-refractivity contribution in [1.82, 2.24) is 0 Å². The molecule has 0 atom stereocenters. The van der Waals surface area contributed by atoms with Crippen molar-refractivity contribution < 1.29 is 23.9 Å². The smallest absolute Gasteiger partial charge is 0.355 e. The maximum atomic E-state index is 12.4. The molecule has 1 aliphatic heterocycles. The Morgan fingerprint density at radius 1 is 0.962 bits per heavy atom. The monoisotopic (exact) mass is 395 g/mol. The van der Waals surface area contributed by atoms with Crippen molar-refractivity contribution in [3.63, 3.8) is 0 Å². The first-order chi connectivity index (χ1) is 12.3. The summed E-state index contributed by atoms with van der Waals surface area (Å²) in [6.45, 7) is 1.38. The van der Waals surface area contributed by atoms with Crippen LogP contribution in [-0.4, -0.2) is 31.9 Å². The summed E-state index contributed by atoms with van der Waals surface area (Å²) in [5, 5.41) is 0.250. The predicted molar refractivity (Wildman–Crippen MR) is 98.3 cm³/mol. The van der Waals surface area contributed by atoms with Gasteiger partial charge in [-0.3, -0.25) is 4.79 Å². The van der Waals surface area contributed by atoms with E-state index in [0.29, 0.717) is 5.56 Å². The summed E-state index contributed by atoms with van der Waals surface area (Å²) >= 11 is 12.6. The van der Waals surface area contributed by atoms with Crippen LogP contribution in [0.25, 0.3) is 0 Å².